The average molecular weight is 430 g/mol. The van der Waals surface area contributed by atoms with Crippen LogP contribution in [-0.4, -0.2) is 20.6 Å². The van der Waals surface area contributed by atoms with E-state index in [1.165, 1.54) is 5.56 Å². The van der Waals surface area contributed by atoms with Gasteiger partial charge in [-0.3, -0.25) is 0 Å². The van der Waals surface area contributed by atoms with Gasteiger partial charge in [0.05, 0.1) is 11.2 Å². The second-order valence-electron chi connectivity index (χ2n) is 7.43. The van der Waals surface area contributed by atoms with Crippen molar-refractivity contribution < 1.29 is 4.79 Å². The monoisotopic (exact) mass is 429 g/mol. The van der Waals surface area contributed by atoms with Crippen molar-refractivity contribution in [1.29, 1.82) is 0 Å². The van der Waals surface area contributed by atoms with Crippen LogP contribution >= 0.6 is 11.6 Å². The first-order valence-corrected chi connectivity index (χ1v) is 10.3. The smallest absolute Gasteiger partial charge is 0.323 e. The molecule has 3 heterocycles. The van der Waals surface area contributed by atoms with Gasteiger partial charge in [0.25, 0.3) is 0 Å². The van der Waals surface area contributed by atoms with Gasteiger partial charge in [-0.1, -0.05) is 23.7 Å². The molecule has 0 aliphatic carbocycles. The number of hydrogen-bond donors (Lipinski definition) is 3. The Morgan fingerprint density at radius 1 is 1.06 bits per heavy atom. The highest BCUT2D eigenvalue weighted by atomic mass is 35.5. The highest BCUT2D eigenvalue weighted by molar-refractivity contribution is 6.31. The van der Waals surface area contributed by atoms with E-state index in [0.29, 0.717) is 17.3 Å². The summed E-state index contributed by atoms with van der Waals surface area (Å²) in [5, 5.41) is 8.49. The SMILES string of the molecule is Cc1ccc(Cl)cc1NC(=O)Nc1cccc2c1ccn2Cc1ccnc2[nH]ccc12. The van der Waals surface area contributed by atoms with Crippen molar-refractivity contribution in [3.63, 3.8) is 0 Å². The molecule has 0 saturated carbocycles. The van der Waals surface area contributed by atoms with E-state index in [1.807, 2.05) is 61.9 Å². The van der Waals surface area contributed by atoms with Gasteiger partial charge in [-0.2, -0.15) is 0 Å². The van der Waals surface area contributed by atoms with Crippen molar-refractivity contribution >= 4 is 50.9 Å². The molecule has 5 aromatic rings. The van der Waals surface area contributed by atoms with E-state index in [0.717, 1.165) is 33.2 Å². The second kappa shape index (κ2) is 7.81. The molecular formula is C24H20ClN5O. The normalized spacial score (nSPS) is 11.2. The Bertz CT molecular complexity index is 1420. The number of pyridine rings is 1. The summed E-state index contributed by atoms with van der Waals surface area (Å²) < 4.78 is 2.17. The molecule has 0 bridgehead atoms. The molecule has 6 nitrogen and oxygen atoms in total. The van der Waals surface area contributed by atoms with Crippen LogP contribution in [0, 0.1) is 6.92 Å². The molecule has 0 atom stereocenters. The summed E-state index contributed by atoms with van der Waals surface area (Å²) in [5.41, 5.74) is 5.47. The predicted molar refractivity (Wildman–Crippen MR) is 126 cm³/mol. The molecule has 0 fully saturated rings. The molecule has 154 valence electrons. The third-order valence-electron chi connectivity index (χ3n) is 5.40. The van der Waals surface area contributed by atoms with Crippen LogP contribution in [0.5, 0.6) is 0 Å². The minimum Gasteiger partial charge on any atom is -0.346 e. The second-order valence-corrected chi connectivity index (χ2v) is 7.87. The summed E-state index contributed by atoms with van der Waals surface area (Å²) in [6, 6.07) is 17.1. The van der Waals surface area contributed by atoms with Crippen molar-refractivity contribution in [2.24, 2.45) is 0 Å². The largest absolute Gasteiger partial charge is 0.346 e. The van der Waals surface area contributed by atoms with Crippen LogP contribution in [0.15, 0.2) is 73.2 Å². The van der Waals surface area contributed by atoms with E-state index < -0.39 is 0 Å². The number of benzene rings is 2. The number of hydrogen-bond acceptors (Lipinski definition) is 2. The fourth-order valence-electron chi connectivity index (χ4n) is 3.81. The fraction of sp³-hybridized carbons (Fsp3) is 0.0833. The molecule has 5 rings (SSSR count). The van der Waals surface area contributed by atoms with Crippen molar-refractivity contribution in [3.05, 3.63) is 89.3 Å². The number of H-pyrrole nitrogens is 1. The number of anilines is 2. The van der Waals surface area contributed by atoms with Gasteiger partial charge in [0.15, 0.2) is 0 Å². The van der Waals surface area contributed by atoms with Crippen LogP contribution < -0.4 is 10.6 Å². The standard InChI is InChI=1S/C24H20ClN5O/c1-15-5-6-17(25)13-21(15)29-24(31)28-20-3-2-4-22-19(20)9-12-30(22)14-16-7-10-26-23-18(16)8-11-27-23/h2-13H,14H2,1H3,(H,26,27)(H2,28,29,31). The third-order valence-corrected chi connectivity index (χ3v) is 5.64. The lowest BCUT2D eigenvalue weighted by molar-refractivity contribution is 0.262. The molecule has 0 aliphatic rings. The van der Waals surface area contributed by atoms with Gasteiger partial charge in [0.1, 0.15) is 5.65 Å². The number of aromatic amines is 1. The zero-order valence-electron chi connectivity index (χ0n) is 16.8. The van der Waals surface area contributed by atoms with Crippen LogP contribution in [0.3, 0.4) is 0 Å². The highest BCUT2D eigenvalue weighted by Crippen LogP contribution is 2.27. The van der Waals surface area contributed by atoms with E-state index in [4.69, 9.17) is 11.6 Å². The Morgan fingerprint density at radius 2 is 1.94 bits per heavy atom. The number of carbonyl (C=O) groups excluding carboxylic acids is 1. The molecule has 7 heteroatoms. The number of amides is 2. The fourth-order valence-corrected chi connectivity index (χ4v) is 3.99. The third kappa shape index (κ3) is 3.73. The number of nitrogens with one attached hydrogen (secondary N) is 3. The molecule has 31 heavy (non-hydrogen) atoms. The van der Waals surface area contributed by atoms with Crippen LogP contribution in [-0.2, 0) is 6.54 Å². The van der Waals surface area contributed by atoms with Gasteiger partial charge in [-0.25, -0.2) is 9.78 Å². The number of aromatic nitrogens is 3. The predicted octanol–water partition coefficient (Wildman–Crippen LogP) is 6.17. The van der Waals surface area contributed by atoms with Gasteiger partial charge in [0.2, 0.25) is 0 Å². The van der Waals surface area contributed by atoms with E-state index in [2.05, 4.69) is 31.2 Å². The van der Waals surface area contributed by atoms with Gasteiger partial charge >= 0.3 is 6.03 Å². The Morgan fingerprint density at radius 3 is 2.84 bits per heavy atom. The number of urea groups is 1. The summed E-state index contributed by atoms with van der Waals surface area (Å²) in [6.45, 7) is 2.63. The van der Waals surface area contributed by atoms with E-state index in [9.17, 15) is 4.79 Å². The summed E-state index contributed by atoms with van der Waals surface area (Å²) in [6.07, 6.45) is 5.75. The van der Waals surface area contributed by atoms with Crippen LogP contribution in [0.4, 0.5) is 16.2 Å². The topological polar surface area (TPSA) is 74.7 Å². The van der Waals surface area contributed by atoms with Crippen LogP contribution in [0.2, 0.25) is 5.02 Å². The van der Waals surface area contributed by atoms with Crippen LogP contribution in [0.25, 0.3) is 21.9 Å². The maximum Gasteiger partial charge on any atom is 0.323 e. The molecular weight excluding hydrogens is 410 g/mol. The lowest BCUT2D eigenvalue weighted by atomic mass is 10.2. The van der Waals surface area contributed by atoms with Crippen LogP contribution in [0.1, 0.15) is 11.1 Å². The number of rotatable bonds is 4. The number of aryl methyl sites for hydroxylation is 1. The number of carbonyl (C=O) groups is 1. The summed E-state index contributed by atoms with van der Waals surface area (Å²) in [5.74, 6) is 0. The average Bonchev–Trinajstić information content (AvgIpc) is 3.39. The van der Waals surface area contributed by atoms with Gasteiger partial charge in [0, 0.05) is 46.6 Å². The quantitative estimate of drug-likeness (QED) is 0.319. The molecule has 0 radical (unpaired) electrons. The molecule has 0 spiro atoms. The Kier molecular flexibility index (Phi) is 4.84. The molecule has 2 aromatic carbocycles. The Hall–Kier alpha value is -3.77. The van der Waals surface area contributed by atoms with Gasteiger partial charge in [-0.05, 0) is 60.5 Å². The first-order chi connectivity index (χ1) is 15.1. The van der Waals surface area contributed by atoms with Crippen molar-refractivity contribution in [3.8, 4) is 0 Å². The van der Waals surface area contributed by atoms with E-state index >= 15 is 0 Å². The number of nitrogens with zero attached hydrogens (tertiary/aromatic N) is 2. The summed E-state index contributed by atoms with van der Waals surface area (Å²) in [7, 11) is 0. The minimum atomic E-state index is -0.311. The molecule has 3 aromatic heterocycles. The summed E-state index contributed by atoms with van der Waals surface area (Å²) in [4.78, 5) is 20.1. The highest BCUT2D eigenvalue weighted by Gasteiger charge is 2.11. The van der Waals surface area contributed by atoms with Crippen molar-refractivity contribution in [2.75, 3.05) is 10.6 Å². The molecule has 0 saturated heterocycles. The Balaban J connectivity index is 1.41. The number of fused-ring (bicyclic) bond motifs is 2. The maximum atomic E-state index is 12.6. The zero-order chi connectivity index (χ0) is 21.4. The van der Waals surface area contributed by atoms with Crippen molar-refractivity contribution in [1.82, 2.24) is 14.5 Å². The summed E-state index contributed by atoms with van der Waals surface area (Å²) >= 11 is 6.06. The molecule has 0 aliphatic heterocycles. The zero-order valence-corrected chi connectivity index (χ0v) is 17.6. The lowest BCUT2D eigenvalue weighted by Crippen LogP contribution is -2.20. The maximum absolute atomic E-state index is 12.6. The lowest BCUT2D eigenvalue weighted by Gasteiger charge is -2.12. The van der Waals surface area contributed by atoms with Gasteiger partial charge in [-0.15, -0.1) is 0 Å². The molecule has 2 amide bonds. The van der Waals surface area contributed by atoms with Crippen molar-refractivity contribution in [2.45, 2.75) is 13.5 Å². The molecule has 0 unspecified atom stereocenters. The molecule has 3 N–H and O–H groups in total. The first-order valence-electron chi connectivity index (χ1n) is 9.91. The first kappa shape index (κ1) is 19.2. The van der Waals surface area contributed by atoms with Gasteiger partial charge < -0.3 is 20.2 Å². The Labute approximate surface area is 183 Å². The van der Waals surface area contributed by atoms with E-state index in [1.54, 1.807) is 12.1 Å². The van der Waals surface area contributed by atoms with E-state index in [-0.39, 0.29) is 6.03 Å². The minimum absolute atomic E-state index is 0.311. The number of halogens is 1.